The first-order chi connectivity index (χ1) is 22.7. The Hall–Kier alpha value is -4.67. The molecule has 0 fully saturated rings. The number of unbranched alkanes of at least 4 members (excludes halogenated alkanes) is 2. The van der Waals surface area contributed by atoms with Crippen LogP contribution in [0.1, 0.15) is 45.1 Å². The quantitative estimate of drug-likeness (QED) is 0.0943. The minimum Gasteiger partial charge on any atom is -0.504 e. The zero-order valence-corrected chi connectivity index (χ0v) is 28.1. The van der Waals surface area contributed by atoms with Crippen molar-refractivity contribution in [3.05, 3.63) is 100 Å². The number of aromatic hydroxyl groups is 1. The number of benzene rings is 2. The summed E-state index contributed by atoms with van der Waals surface area (Å²) in [6.07, 6.45) is 7.96. The number of hydrogen-bond acceptors (Lipinski definition) is 7. The summed E-state index contributed by atoms with van der Waals surface area (Å²) in [6.45, 7) is 11.8. The monoisotopic (exact) mass is 657 g/mol. The summed E-state index contributed by atoms with van der Waals surface area (Å²) in [5.74, 6) is -0.298. The van der Waals surface area contributed by atoms with Gasteiger partial charge in [-0.1, -0.05) is 74.0 Å². The Bertz CT molecular complexity index is 1700. The summed E-state index contributed by atoms with van der Waals surface area (Å²) in [7, 11) is 2.19. The lowest BCUT2D eigenvalue weighted by atomic mass is 9.99. The molecule has 0 aliphatic carbocycles. The third-order valence-electron chi connectivity index (χ3n) is 7.70. The molecule has 0 aliphatic rings. The van der Waals surface area contributed by atoms with Gasteiger partial charge < -0.3 is 26.0 Å². The Kier molecular flexibility index (Phi) is 13.0. The summed E-state index contributed by atoms with van der Waals surface area (Å²) in [4.78, 5) is 31.9. The van der Waals surface area contributed by atoms with E-state index in [2.05, 4.69) is 75.7 Å². The summed E-state index contributed by atoms with van der Waals surface area (Å²) < 4.78 is 1.29. The van der Waals surface area contributed by atoms with Gasteiger partial charge in [0, 0.05) is 37.0 Å². The molecule has 0 saturated heterocycles. The first-order valence-electron chi connectivity index (χ1n) is 16.0. The molecular formula is C36H44ClN7O3. The molecular weight excluding hydrogens is 614 g/mol. The van der Waals surface area contributed by atoms with Crippen LogP contribution in [0.15, 0.2) is 84.1 Å². The molecule has 2 aromatic heterocycles. The largest absolute Gasteiger partial charge is 0.504 e. The van der Waals surface area contributed by atoms with Gasteiger partial charge in [0.1, 0.15) is 11.4 Å². The number of amides is 2. The van der Waals surface area contributed by atoms with Crippen molar-refractivity contribution in [1.82, 2.24) is 25.0 Å². The van der Waals surface area contributed by atoms with Crippen LogP contribution < -0.4 is 21.5 Å². The average Bonchev–Trinajstić information content (AvgIpc) is 3.06. The minimum atomic E-state index is -0.747. The molecule has 0 aliphatic heterocycles. The van der Waals surface area contributed by atoms with Crippen LogP contribution in [0, 0.1) is 0 Å². The van der Waals surface area contributed by atoms with Crippen molar-refractivity contribution in [3.63, 3.8) is 0 Å². The zero-order chi connectivity index (χ0) is 33.8. The van der Waals surface area contributed by atoms with Gasteiger partial charge in [0.25, 0.3) is 5.56 Å². The molecule has 4 aromatic rings. The van der Waals surface area contributed by atoms with E-state index >= 15 is 0 Å². The van der Waals surface area contributed by atoms with Crippen LogP contribution in [0.25, 0.3) is 22.4 Å². The maximum atomic E-state index is 13.0. The van der Waals surface area contributed by atoms with E-state index in [-0.39, 0.29) is 22.1 Å². The number of nitrogens with zero attached hydrogens (tertiary/aromatic N) is 4. The molecule has 2 heterocycles. The minimum absolute atomic E-state index is 0.0135. The number of anilines is 2. The SMILES string of the molecule is C=C(Cc1ccc(-c2cccc(-c3cc(NC(=O)Nc4c(O)cncc4Cl)c(=O)n(CC)n3)c2)cc1)NCCCCCN(C)CCC. The van der Waals surface area contributed by atoms with Crippen LogP contribution in [0.4, 0.5) is 16.2 Å². The fourth-order valence-corrected chi connectivity index (χ4v) is 5.43. The third-order valence-corrected chi connectivity index (χ3v) is 7.99. The summed E-state index contributed by atoms with van der Waals surface area (Å²) in [5, 5.41) is 23.1. The van der Waals surface area contributed by atoms with Crippen molar-refractivity contribution in [2.75, 3.05) is 37.3 Å². The standard InChI is InChI=1S/C36H44ClN7O3/c1-5-18-43(4)19-9-7-8-17-39-25(3)20-26-13-15-27(16-14-26)28-11-10-12-29(21-28)31-22-32(35(46)44(6-2)42-31)40-36(47)41-34-30(37)23-38-24-33(34)45/h10-16,21-24,39,45H,3,5-9,17-20H2,1-2,4H3,(H2,38,40,41,47). The molecule has 0 spiro atoms. The molecule has 11 heteroatoms. The van der Waals surface area contributed by atoms with Gasteiger partial charge in [0.15, 0.2) is 5.75 Å². The number of aryl methyl sites for hydroxylation is 1. The number of carbonyl (C=O) groups excluding carboxylic acids is 1. The Morgan fingerprint density at radius 1 is 0.979 bits per heavy atom. The van der Waals surface area contributed by atoms with Gasteiger partial charge in [-0.2, -0.15) is 5.10 Å². The molecule has 4 rings (SSSR count). The van der Waals surface area contributed by atoms with Crippen LogP contribution in [-0.2, 0) is 13.0 Å². The number of pyridine rings is 1. The van der Waals surface area contributed by atoms with Crippen molar-refractivity contribution in [1.29, 1.82) is 0 Å². The van der Waals surface area contributed by atoms with E-state index in [1.54, 1.807) is 6.92 Å². The van der Waals surface area contributed by atoms with E-state index in [0.717, 1.165) is 61.1 Å². The van der Waals surface area contributed by atoms with E-state index < -0.39 is 11.6 Å². The predicted molar refractivity (Wildman–Crippen MR) is 191 cm³/mol. The van der Waals surface area contributed by atoms with Crippen molar-refractivity contribution in [2.24, 2.45) is 0 Å². The maximum absolute atomic E-state index is 13.0. The lowest BCUT2D eigenvalue weighted by molar-refractivity contribution is 0.262. The summed E-state index contributed by atoms with van der Waals surface area (Å²) in [6, 6.07) is 17.1. The highest BCUT2D eigenvalue weighted by Crippen LogP contribution is 2.30. The fourth-order valence-electron chi connectivity index (χ4n) is 5.23. The fraction of sp³-hybridized carbons (Fsp3) is 0.333. The topological polar surface area (TPSA) is 124 Å². The highest BCUT2D eigenvalue weighted by molar-refractivity contribution is 6.34. The lowest BCUT2D eigenvalue weighted by Gasteiger charge is -2.15. The molecule has 10 nitrogen and oxygen atoms in total. The molecule has 0 atom stereocenters. The molecule has 2 aromatic carbocycles. The van der Waals surface area contributed by atoms with Crippen LogP contribution in [-0.4, -0.2) is 57.5 Å². The molecule has 248 valence electrons. The molecule has 0 radical (unpaired) electrons. The van der Waals surface area contributed by atoms with E-state index in [1.165, 1.54) is 41.8 Å². The second kappa shape index (κ2) is 17.3. The Labute approximate surface area is 281 Å². The van der Waals surface area contributed by atoms with Crippen LogP contribution >= 0.6 is 11.6 Å². The number of aromatic nitrogens is 3. The van der Waals surface area contributed by atoms with Crippen LogP contribution in [0.5, 0.6) is 5.75 Å². The van der Waals surface area contributed by atoms with E-state index in [1.807, 2.05) is 24.3 Å². The molecule has 47 heavy (non-hydrogen) atoms. The van der Waals surface area contributed by atoms with Crippen LogP contribution in [0.3, 0.4) is 0 Å². The van der Waals surface area contributed by atoms with Gasteiger partial charge in [-0.25, -0.2) is 9.48 Å². The van der Waals surface area contributed by atoms with Gasteiger partial charge in [0.2, 0.25) is 0 Å². The number of hydrogen-bond donors (Lipinski definition) is 4. The highest BCUT2D eigenvalue weighted by atomic mass is 35.5. The molecule has 2 amide bonds. The van der Waals surface area contributed by atoms with E-state index in [4.69, 9.17) is 11.6 Å². The van der Waals surface area contributed by atoms with E-state index in [9.17, 15) is 14.7 Å². The maximum Gasteiger partial charge on any atom is 0.323 e. The number of rotatable bonds is 16. The Morgan fingerprint density at radius 3 is 2.47 bits per heavy atom. The molecule has 4 N–H and O–H groups in total. The van der Waals surface area contributed by atoms with Crippen molar-refractivity contribution >= 4 is 29.0 Å². The predicted octanol–water partition coefficient (Wildman–Crippen LogP) is 7.15. The Balaban J connectivity index is 1.39. The van der Waals surface area contributed by atoms with Crippen LogP contribution in [0.2, 0.25) is 5.02 Å². The van der Waals surface area contributed by atoms with Gasteiger partial charge in [-0.15, -0.1) is 0 Å². The van der Waals surface area contributed by atoms with Crippen molar-refractivity contribution in [2.45, 2.75) is 52.5 Å². The first-order valence-corrected chi connectivity index (χ1v) is 16.4. The molecule has 0 bridgehead atoms. The first kappa shape index (κ1) is 35.2. The van der Waals surface area contributed by atoms with E-state index in [0.29, 0.717) is 12.2 Å². The number of allylic oxidation sites excluding steroid dienone is 1. The normalized spacial score (nSPS) is 11.0. The lowest BCUT2D eigenvalue weighted by Crippen LogP contribution is -2.29. The second-order valence-electron chi connectivity index (χ2n) is 11.5. The van der Waals surface area contributed by atoms with Gasteiger partial charge in [0.05, 0.1) is 16.9 Å². The van der Waals surface area contributed by atoms with Crippen molar-refractivity contribution in [3.8, 4) is 28.1 Å². The number of carbonyl (C=O) groups is 1. The zero-order valence-electron chi connectivity index (χ0n) is 27.4. The smallest absolute Gasteiger partial charge is 0.323 e. The number of urea groups is 1. The summed E-state index contributed by atoms with van der Waals surface area (Å²) >= 11 is 6.05. The number of nitrogens with one attached hydrogen (secondary N) is 3. The van der Waals surface area contributed by atoms with Crippen molar-refractivity contribution < 1.29 is 9.90 Å². The number of halogens is 1. The average molecular weight is 658 g/mol. The highest BCUT2D eigenvalue weighted by Gasteiger charge is 2.15. The van der Waals surface area contributed by atoms with Gasteiger partial charge in [-0.3, -0.25) is 9.78 Å². The summed E-state index contributed by atoms with van der Waals surface area (Å²) in [5.41, 5.74) is 5.06. The molecule has 0 saturated carbocycles. The molecule has 0 unspecified atom stereocenters. The van der Waals surface area contributed by atoms with Gasteiger partial charge in [-0.05, 0) is 75.1 Å². The Morgan fingerprint density at radius 2 is 1.74 bits per heavy atom. The second-order valence-corrected chi connectivity index (χ2v) is 11.9. The third kappa shape index (κ3) is 10.2. The van der Waals surface area contributed by atoms with Gasteiger partial charge >= 0.3 is 6.03 Å².